The van der Waals surface area contributed by atoms with Crippen LogP contribution in [0.2, 0.25) is 0 Å². The first-order valence-corrected chi connectivity index (χ1v) is 6.96. The third-order valence-electron chi connectivity index (χ3n) is 2.47. The fraction of sp³-hybridized carbons (Fsp3) is 0.0833. The highest BCUT2D eigenvalue weighted by Crippen LogP contribution is 2.19. The first-order valence-electron chi connectivity index (χ1n) is 5.48. The number of hydrogen-bond acceptors (Lipinski definition) is 4. The van der Waals surface area contributed by atoms with E-state index in [9.17, 15) is 17.6 Å². The third kappa shape index (κ3) is 2.80. The summed E-state index contributed by atoms with van der Waals surface area (Å²) in [6, 6.07) is 6.02. The number of nitrogens with zero attached hydrogens (tertiary/aromatic N) is 1. The fourth-order valence-corrected chi connectivity index (χ4v) is 2.79. The zero-order valence-corrected chi connectivity index (χ0v) is 11.2. The van der Waals surface area contributed by atoms with Crippen LogP contribution in [0, 0.1) is 5.82 Å². The van der Waals surface area contributed by atoms with Crippen LogP contribution in [0.1, 0.15) is 10.4 Å². The van der Waals surface area contributed by atoms with E-state index < -0.39 is 26.7 Å². The van der Waals surface area contributed by atoms with Gasteiger partial charge in [-0.2, -0.15) is 8.42 Å². The second-order valence-corrected chi connectivity index (χ2v) is 5.45. The van der Waals surface area contributed by atoms with E-state index in [1.807, 2.05) is 0 Å². The highest BCUT2D eigenvalue weighted by atomic mass is 32.2. The topological polar surface area (TPSA) is 77.4 Å². The molecular weight excluding hydrogens is 287 g/mol. The Kier molecular flexibility index (Phi) is 3.75. The Morgan fingerprint density at radius 1 is 1.30 bits per heavy atom. The van der Waals surface area contributed by atoms with Crippen molar-refractivity contribution in [1.82, 2.24) is 4.68 Å². The van der Waals surface area contributed by atoms with Crippen molar-refractivity contribution in [2.75, 3.05) is 11.9 Å². The summed E-state index contributed by atoms with van der Waals surface area (Å²) in [6.07, 6.45) is 2.91. The van der Waals surface area contributed by atoms with Gasteiger partial charge in [-0.3, -0.25) is 4.68 Å². The molecule has 2 rings (SSSR count). The molecule has 1 aromatic carbocycles. The molecule has 1 heterocycles. The highest BCUT2D eigenvalue weighted by Gasteiger charge is 2.24. The Morgan fingerprint density at radius 2 is 1.95 bits per heavy atom. The second-order valence-electron chi connectivity index (χ2n) is 3.82. The number of halogens is 1. The predicted octanol–water partition coefficient (Wildman–Crippen LogP) is 1.35. The molecule has 0 bridgehead atoms. The minimum absolute atomic E-state index is 0.242. The van der Waals surface area contributed by atoms with Gasteiger partial charge in [0.1, 0.15) is 10.7 Å². The van der Waals surface area contributed by atoms with Crippen molar-refractivity contribution in [2.45, 2.75) is 4.90 Å². The summed E-state index contributed by atoms with van der Waals surface area (Å²) in [5, 5.41) is 0. The van der Waals surface area contributed by atoms with Gasteiger partial charge in [-0.05, 0) is 30.3 Å². The zero-order valence-electron chi connectivity index (χ0n) is 10.4. The third-order valence-corrected chi connectivity index (χ3v) is 3.84. The molecule has 0 saturated heterocycles. The van der Waals surface area contributed by atoms with Gasteiger partial charge in [0, 0.05) is 12.4 Å². The first-order chi connectivity index (χ1) is 9.44. The largest absolute Gasteiger partial charge is 0.465 e. The Morgan fingerprint density at radius 3 is 2.55 bits per heavy atom. The van der Waals surface area contributed by atoms with Crippen LogP contribution in [-0.4, -0.2) is 26.2 Å². The van der Waals surface area contributed by atoms with E-state index in [0.717, 1.165) is 25.3 Å². The Labute approximate surface area is 114 Å². The van der Waals surface area contributed by atoms with Crippen molar-refractivity contribution in [1.29, 1.82) is 0 Å². The van der Waals surface area contributed by atoms with Crippen molar-refractivity contribution in [2.24, 2.45) is 0 Å². The minimum atomic E-state index is -4.12. The van der Waals surface area contributed by atoms with E-state index in [4.69, 9.17) is 0 Å². The second kappa shape index (κ2) is 5.33. The van der Waals surface area contributed by atoms with Crippen molar-refractivity contribution in [3.8, 4) is 0 Å². The molecule has 0 aliphatic carbocycles. The molecule has 0 amide bonds. The van der Waals surface area contributed by atoms with Crippen molar-refractivity contribution in [3.05, 3.63) is 54.1 Å². The average molecular weight is 298 g/mol. The normalized spacial score (nSPS) is 11.1. The molecule has 0 unspecified atom stereocenters. The van der Waals surface area contributed by atoms with E-state index in [1.165, 1.54) is 17.1 Å². The molecule has 0 aliphatic rings. The number of carbonyl (C=O) groups is 1. The van der Waals surface area contributed by atoms with Crippen molar-refractivity contribution in [3.63, 3.8) is 0 Å². The molecule has 8 heteroatoms. The molecule has 6 nitrogen and oxygen atoms in total. The number of methoxy groups -OCH3 is 1. The van der Waals surface area contributed by atoms with Gasteiger partial charge in [0.25, 0.3) is 10.0 Å². The molecule has 0 spiro atoms. The maximum Gasteiger partial charge on any atom is 0.339 e. The average Bonchev–Trinajstić information content (AvgIpc) is 2.90. The van der Waals surface area contributed by atoms with E-state index in [1.54, 1.807) is 12.1 Å². The van der Waals surface area contributed by atoms with Crippen LogP contribution in [0.15, 0.2) is 47.6 Å². The van der Waals surface area contributed by atoms with E-state index in [-0.39, 0.29) is 5.56 Å². The summed E-state index contributed by atoms with van der Waals surface area (Å²) < 4.78 is 43.3. The van der Waals surface area contributed by atoms with E-state index in [2.05, 4.69) is 9.57 Å². The van der Waals surface area contributed by atoms with Crippen LogP contribution in [0.3, 0.4) is 0 Å². The highest BCUT2D eigenvalue weighted by molar-refractivity contribution is 7.92. The fourth-order valence-electron chi connectivity index (χ4n) is 1.58. The molecule has 20 heavy (non-hydrogen) atoms. The summed E-state index contributed by atoms with van der Waals surface area (Å²) in [5.41, 5.74) is -0.242. The zero-order chi connectivity index (χ0) is 14.8. The van der Waals surface area contributed by atoms with Gasteiger partial charge in [-0.25, -0.2) is 14.0 Å². The lowest BCUT2D eigenvalue weighted by Crippen LogP contribution is -2.24. The molecule has 0 atom stereocenters. The Hall–Kier alpha value is -2.35. The maximum atomic E-state index is 13.3. The number of aromatic nitrogens is 1. The number of sulfonamides is 1. The van der Waals surface area contributed by atoms with Crippen LogP contribution in [0.4, 0.5) is 4.39 Å². The number of hydrogen-bond donors (Lipinski definition) is 1. The maximum absolute atomic E-state index is 13.3. The summed E-state index contributed by atoms with van der Waals surface area (Å²) in [7, 11) is -3.01. The summed E-state index contributed by atoms with van der Waals surface area (Å²) in [6.45, 7) is 0. The molecule has 1 aromatic heterocycles. The number of rotatable bonds is 4. The Bertz CT molecular complexity index is 726. The lowest BCUT2D eigenvalue weighted by atomic mass is 10.2. The predicted molar refractivity (Wildman–Crippen MR) is 68.7 cm³/mol. The van der Waals surface area contributed by atoms with Gasteiger partial charge in [-0.15, -0.1) is 0 Å². The molecule has 0 fully saturated rings. The van der Waals surface area contributed by atoms with E-state index in [0.29, 0.717) is 0 Å². The van der Waals surface area contributed by atoms with Gasteiger partial charge in [0.15, 0.2) is 0 Å². The lowest BCUT2D eigenvalue weighted by Gasteiger charge is -2.11. The number of benzene rings is 1. The van der Waals surface area contributed by atoms with Gasteiger partial charge in [-0.1, -0.05) is 0 Å². The van der Waals surface area contributed by atoms with Crippen LogP contribution in [-0.2, 0) is 14.8 Å². The standard InChI is InChI=1S/C12H11FN2O4S/c1-19-12(16)10-5-4-9(13)8-11(10)20(17,18)14-15-6-2-3-7-15/h2-8,14H,1H3. The van der Waals surface area contributed by atoms with Gasteiger partial charge in [0.05, 0.1) is 12.7 Å². The van der Waals surface area contributed by atoms with Gasteiger partial charge >= 0.3 is 5.97 Å². The van der Waals surface area contributed by atoms with Crippen LogP contribution in [0.5, 0.6) is 0 Å². The van der Waals surface area contributed by atoms with Gasteiger partial charge < -0.3 is 4.74 Å². The van der Waals surface area contributed by atoms with Crippen LogP contribution in [0.25, 0.3) is 0 Å². The molecule has 0 saturated carbocycles. The van der Waals surface area contributed by atoms with Gasteiger partial charge in [0.2, 0.25) is 0 Å². The van der Waals surface area contributed by atoms with Crippen molar-refractivity contribution >= 4 is 16.0 Å². The molecule has 2 aromatic rings. The smallest absolute Gasteiger partial charge is 0.339 e. The molecule has 106 valence electrons. The van der Waals surface area contributed by atoms with E-state index >= 15 is 0 Å². The molecule has 1 N–H and O–H groups in total. The quantitative estimate of drug-likeness (QED) is 0.864. The van der Waals surface area contributed by atoms with Crippen LogP contribution >= 0.6 is 0 Å². The molecular formula is C12H11FN2O4S. The SMILES string of the molecule is COC(=O)c1ccc(F)cc1S(=O)(=O)Nn1cccc1. The monoisotopic (exact) mass is 298 g/mol. The lowest BCUT2D eigenvalue weighted by molar-refractivity contribution is 0.0596. The summed E-state index contributed by atoms with van der Waals surface area (Å²) in [5.74, 6) is -1.64. The number of ether oxygens (including phenoxy) is 1. The molecule has 0 radical (unpaired) electrons. The first kappa shape index (κ1) is 14.1. The Balaban J connectivity index is 2.50. The number of carbonyl (C=O) groups excluding carboxylic acids is 1. The molecule has 0 aliphatic heterocycles. The number of esters is 1. The van der Waals surface area contributed by atoms with Crippen LogP contribution < -0.4 is 4.83 Å². The van der Waals surface area contributed by atoms with Crippen molar-refractivity contribution < 1.29 is 22.3 Å². The number of nitrogens with one attached hydrogen (secondary N) is 1. The minimum Gasteiger partial charge on any atom is -0.465 e. The summed E-state index contributed by atoms with van der Waals surface area (Å²) in [4.78, 5) is 13.2. The summed E-state index contributed by atoms with van der Waals surface area (Å²) >= 11 is 0.